The number of hydrogen-bond acceptors (Lipinski definition) is 4. The second-order valence-corrected chi connectivity index (χ2v) is 6.88. The molecule has 0 aliphatic rings. The Bertz CT molecular complexity index is 1260. The van der Waals surface area contributed by atoms with Gasteiger partial charge in [0.05, 0.1) is 5.56 Å². The Hall–Kier alpha value is -4.72. The third-order valence-corrected chi connectivity index (χ3v) is 4.80. The van der Waals surface area contributed by atoms with Gasteiger partial charge in [-0.3, -0.25) is 15.0 Å². The standard InChI is InChI=1S/C24H20N4O4/c1-2-13-3-9-17(18-10-6-15(22(27)29)12-20(18)24(31)32)19(11-13)23(30)28-16-7-4-14(5-8-16)21(25)26/h2-12H,1H2,(H3,25,26)(H2,27,29)(H,28,30)(H,31,32). The maximum atomic E-state index is 13.1. The van der Waals surface area contributed by atoms with Gasteiger partial charge in [0.25, 0.3) is 5.91 Å². The first-order chi connectivity index (χ1) is 15.2. The van der Waals surface area contributed by atoms with Gasteiger partial charge in [0, 0.05) is 22.4 Å². The van der Waals surface area contributed by atoms with Crippen LogP contribution in [0.1, 0.15) is 42.2 Å². The van der Waals surface area contributed by atoms with Crippen LogP contribution in [-0.4, -0.2) is 28.7 Å². The van der Waals surface area contributed by atoms with Crippen molar-refractivity contribution in [2.75, 3.05) is 5.32 Å². The minimum atomic E-state index is -1.26. The van der Waals surface area contributed by atoms with Crippen LogP contribution < -0.4 is 16.8 Å². The van der Waals surface area contributed by atoms with Crippen molar-refractivity contribution in [1.82, 2.24) is 0 Å². The number of amidine groups is 1. The van der Waals surface area contributed by atoms with E-state index >= 15 is 0 Å². The van der Waals surface area contributed by atoms with E-state index in [1.54, 1.807) is 48.5 Å². The zero-order valence-electron chi connectivity index (χ0n) is 16.9. The maximum absolute atomic E-state index is 13.1. The number of hydrogen-bond donors (Lipinski definition) is 5. The first-order valence-electron chi connectivity index (χ1n) is 9.41. The van der Waals surface area contributed by atoms with Crippen LogP contribution in [0.5, 0.6) is 0 Å². The van der Waals surface area contributed by atoms with Crippen molar-refractivity contribution in [2.24, 2.45) is 11.5 Å². The van der Waals surface area contributed by atoms with Crippen molar-refractivity contribution in [3.05, 3.63) is 95.1 Å². The van der Waals surface area contributed by atoms with Crippen LogP contribution in [-0.2, 0) is 0 Å². The molecule has 0 aromatic heterocycles. The summed E-state index contributed by atoms with van der Waals surface area (Å²) in [6.07, 6.45) is 1.57. The number of carbonyl (C=O) groups excluding carboxylic acids is 2. The van der Waals surface area contributed by atoms with Gasteiger partial charge in [-0.05, 0) is 59.2 Å². The summed E-state index contributed by atoms with van der Waals surface area (Å²) in [7, 11) is 0. The molecule has 0 unspecified atom stereocenters. The van der Waals surface area contributed by atoms with Crippen molar-refractivity contribution in [3.8, 4) is 11.1 Å². The molecule has 8 heteroatoms. The van der Waals surface area contributed by atoms with E-state index in [4.69, 9.17) is 16.9 Å². The lowest BCUT2D eigenvalue weighted by Crippen LogP contribution is -2.16. The third kappa shape index (κ3) is 4.54. The van der Waals surface area contributed by atoms with Crippen molar-refractivity contribution < 1.29 is 19.5 Å². The fraction of sp³-hybridized carbons (Fsp3) is 0. The summed E-state index contributed by atoms with van der Waals surface area (Å²) in [4.78, 5) is 36.5. The van der Waals surface area contributed by atoms with E-state index in [1.807, 2.05) is 0 Å². The molecule has 8 nitrogen and oxygen atoms in total. The number of benzene rings is 3. The zero-order chi connectivity index (χ0) is 23.4. The van der Waals surface area contributed by atoms with Gasteiger partial charge in [-0.1, -0.05) is 30.9 Å². The molecule has 3 aromatic carbocycles. The molecular formula is C24H20N4O4. The Morgan fingerprint density at radius 1 is 0.875 bits per heavy atom. The van der Waals surface area contributed by atoms with Gasteiger partial charge in [0.15, 0.2) is 0 Å². The van der Waals surface area contributed by atoms with E-state index in [1.165, 1.54) is 18.2 Å². The van der Waals surface area contributed by atoms with Crippen molar-refractivity contribution in [2.45, 2.75) is 0 Å². The summed E-state index contributed by atoms with van der Waals surface area (Å²) in [6, 6.07) is 15.4. The number of carbonyl (C=O) groups is 3. The number of anilines is 1. The van der Waals surface area contributed by atoms with Gasteiger partial charge >= 0.3 is 5.97 Å². The molecule has 0 heterocycles. The summed E-state index contributed by atoms with van der Waals surface area (Å²) in [5, 5.41) is 19.9. The SMILES string of the molecule is C=Cc1ccc(-c2ccc(C(N)=O)cc2C(=O)O)c(C(=O)Nc2ccc(C(=N)N)cc2)c1. The normalized spacial score (nSPS) is 10.2. The number of carboxylic acid groups (broad SMARTS) is 1. The predicted octanol–water partition coefficient (Wildman–Crippen LogP) is 3.33. The van der Waals surface area contributed by atoms with Crippen molar-refractivity contribution in [3.63, 3.8) is 0 Å². The monoisotopic (exact) mass is 428 g/mol. The smallest absolute Gasteiger partial charge is 0.336 e. The minimum Gasteiger partial charge on any atom is -0.478 e. The van der Waals surface area contributed by atoms with E-state index in [0.29, 0.717) is 22.4 Å². The maximum Gasteiger partial charge on any atom is 0.336 e. The quantitative estimate of drug-likeness (QED) is 0.288. The van der Waals surface area contributed by atoms with Crippen LogP contribution in [0, 0.1) is 5.41 Å². The Morgan fingerprint density at radius 2 is 1.47 bits per heavy atom. The Balaban J connectivity index is 2.09. The first-order valence-corrected chi connectivity index (χ1v) is 9.41. The molecule has 3 rings (SSSR count). The lowest BCUT2D eigenvalue weighted by atomic mass is 9.92. The van der Waals surface area contributed by atoms with E-state index in [9.17, 15) is 19.5 Å². The molecular weight excluding hydrogens is 408 g/mol. The first kappa shape index (κ1) is 22.0. The minimum absolute atomic E-state index is 0.0467. The second-order valence-electron chi connectivity index (χ2n) is 6.88. The van der Waals surface area contributed by atoms with Crippen LogP contribution in [0.4, 0.5) is 5.69 Å². The molecule has 0 aliphatic carbocycles. The van der Waals surface area contributed by atoms with Gasteiger partial charge < -0.3 is 21.9 Å². The highest BCUT2D eigenvalue weighted by Gasteiger charge is 2.20. The molecule has 3 aromatic rings. The van der Waals surface area contributed by atoms with Crippen molar-refractivity contribution in [1.29, 1.82) is 5.41 Å². The molecule has 0 spiro atoms. The number of nitrogens with one attached hydrogen (secondary N) is 2. The number of nitrogen functional groups attached to an aromatic ring is 1. The van der Waals surface area contributed by atoms with Gasteiger partial charge in [0.2, 0.25) is 5.91 Å². The summed E-state index contributed by atoms with van der Waals surface area (Å²) >= 11 is 0. The average Bonchev–Trinajstić information content (AvgIpc) is 2.78. The summed E-state index contributed by atoms with van der Waals surface area (Å²) in [6.45, 7) is 3.71. The second kappa shape index (κ2) is 8.97. The predicted molar refractivity (Wildman–Crippen MR) is 123 cm³/mol. The van der Waals surface area contributed by atoms with Crippen LogP contribution >= 0.6 is 0 Å². The third-order valence-electron chi connectivity index (χ3n) is 4.80. The summed E-state index contributed by atoms with van der Waals surface area (Å²) in [5.74, 6) is -2.59. The van der Waals surface area contributed by atoms with E-state index in [0.717, 1.165) is 0 Å². The Kier molecular flexibility index (Phi) is 6.16. The fourth-order valence-electron chi connectivity index (χ4n) is 3.15. The molecule has 7 N–H and O–H groups in total. The van der Waals surface area contributed by atoms with E-state index in [2.05, 4.69) is 11.9 Å². The van der Waals surface area contributed by atoms with Gasteiger partial charge in [-0.25, -0.2) is 4.79 Å². The number of carboxylic acids is 1. The highest BCUT2D eigenvalue weighted by atomic mass is 16.4. The lowest BCUT2D eigenvalue weighted by molar-refractivity contribution is 0.0697. The molecule has 32 heavy (non-hydrogen) atoms. The lowest BCUT2D eigenvalue weighted by Gasteiger charge is -2.14. The van der Waals surface area contributed by atoms with Crippen LogP contribution in [0.2, 0.25) is 0 Å². The number of aromatic carboxylic acids is 1. The van der Waals surface area contributed by atoms with E-state index < -0.39 is 17.8 Å². The number of amides is 2. The Morgan fingerprint density at radius 3 is 2.03 bits per heavy atom. The molecule has 0 saturated heterocycles. The highest BCUT2D eigenvalue weighted by molar-refractivity contribution is 6.11. The fourth-order valence-corrected chi connectivity index (χ4v) is 3.15. The van der Waals surface area contributed by atoms with Crippen molar-refractivity contribution >= 4 is 35.4 Å². The number of rotatable bonds is 7. The van der Waals surface area contributed by atoms with Crippen LogP contribution in [0.25, 0.3) is 17.2 Å². The highest BCUT2D eigenvalue weighted by Crippen LogP contribution is 2.30. The topological polar surface area (TPSA) is 159 Å². The van der Waals surface area contributed by atoms with Gasteiger partial charge in [-0.15, -0.1) is 0 Å². The molecule has 0 fully saturated rings. The molecule has 0 radical (unpaired) electrons. The average molecular weight is 428 g/mol. The summed E-state index contributed by atoms with van der Waals surface area (Å²) < 4.78 is 0. The zero-order valence-corrected chi connectivity index (χ0v) is 16.9. The number of nitrogens with two attached hydrogens (primary N) is 2. The van der Waals surface area contributed by atoms with Gasteiger partial charge in [0.1, 0.15) is 5.84 Å². The molecule has 0 aliphatic heterocycles. The van der Waals surface area contributed by atoms with Crippen LogP contribution in [0.15, 0.2) is 67.2 Å². The molecule has 2 amide bonds. The molecule has 0 saturated carbocycles. The molecule has 0 atom stereocenters. The Labute approximate surface area is 183 Å². The molecule has 160 valence electrons. The van der Waals surface area contributed by atoms with Crippen LogP contribution in [0.3, 0.4) is 0 Å². The summed E-state index contributed by atoms with van der Waals surface area (Å²) in [5.41, 5.74) is 13.1. The molecule has 0 bridgehead atoms. The van der Waals surface area contributed by atoms with E-state index in [-0.39, 0.29) is 28.1 Å². The van der Waals surface area contributed by atoms with Gasteiger partial charge in [-0.2, -0.15) is 0 Å². The number of primary amides is 1. The largest absolute Gasteiger partial charge is 0.478 e.